The van der Waals surface area contributed by atoms with E-state index < -0.39 is 17.3 Å². The van der Waals surface area contributed by atoms with Gasteiger partial charge in [-0.1, -0.05) is 16.5 Å². The van der Waals surface area contributed by atoms with E-state index in [1.165, 1.54) is 7.05 Å². The molecule has 8 heteroatoms. The Morgan fingerprint density at radius 1 is 1.43 bits per heavy atom. The maximum atomic E-state index is 11.0. The summed E-state index contributed by atoms with van der Waals surface area (Å²) >= 11 is 0. The lowest BCUT2D eigenvalue weighted by Crippen LogP contribution is -2.25. The topological polar surface area (TPSA) is 109 Å². The molecule has 0 aliphatic rings. The Bertz CT molecular complexity index is 303. The van der Waals surface area contributed by atoms with Gasteiger partial charge in [0, 0.05) is 18.1 Å². The molecular formula is C6H19N4O2PS. The molecule has 0 fully saturated rings. The second kappa shape index (κ2) is 5.82. The van der Waals surface area contributed by atoms with Gasteiger partial charge in [-0.25, -0.2) is 10.2 Å². The fraction of sp³-hybridized carbons (Fsp3) is 1.00. The van der Waals surface area contributed by atoms with Crippen molar-refractivity contribution in [3.63, 3.8) is 0 Å². The molecule has 0 aliphatic carbocycles. The van der Waals surface area contributed by atoms with Crippen LogP contribution in [0.3, 0.4) is 0 Å². The summed E-state index contributed by atoms with van der Waals surface area (Å²) in [5.41, 5.74) is 0. The highest BCUT2D eigenvalue weighted by atomic mass is 32.2. The van der Waals surface area contributed by atoms with E-state index >= 15 is 0 Å². The minimum atomic E-state index is -3.43. The molecule has 0 saturated carbocycles. The van der Waals surface area contributed by atoms with Crippen LogP contribution in [0.25, 0.3) is 0 Å². The van der Waals surface area contributed by atoms with Gasteiger partial charge in [0.15, 0.2) is 0 Å². The quantitative estimate of drug-likeness (QED) is 0.429. The van der Waals surface area contributed by atoms with Gasteiger partial charge in [0.25, 0.3) is 0 Å². The molecule has 6 nitrogen and oxygen atoms in total. The Hall–Kier alpha value is 0.0600. The highest BCUT2D eigenvalue weighted by Crippen LogP contribution is 2.27. The predicted octanol–water partition coefficient (Wildman–Crippen LogP) is 0.985. The molecule has 5 N–H and O–H groups in total. The molecule has 0 amide bonds. The third-order valence-electron chi connectivity index (χ3n) is 1.63. The Balaban J connectivity index is 3.92. The van der Waals surface area contributed by atoms with Crippen molar-refractivity contribution in [3.8, 4) is 0 Å². The molecule has 0 spiro atoms. The van der Waals surface area contributed by atoms with E-state index in [0.29, 0.717) is 11.5 Å². The van der Waals surface area contributed by atoms with Crippen LogP contribution in [0.4, 0.5) is 0 Å². The predicted molar refractivity (Wildman–Crippen MR) is 59.7 cm³/mol. The van der Waals surface area contributed by atoms with Gasteiger partial charge in [0.2, 0.25) is 0 Å². The molecule has 86 valence electrons. The SMILES string of the molecule is CCCS(=N)(=N)CCNP(=O)(O)NC. The summed E-state index contributed by atoms with van der Waals surface area (Å²) in [6.07, 6.45) is 0.811. The molecule has 1 unspecified atom stereocenters. The van der Waals surface area contributed by atoms with Gasteiger partial charge in [0.1, 0.15) is 0 Å². The molecule has 0 aromatic rings. The van der Waals surface area contributed by atoms with Crippen molar-refractivity contribution in [2.45, 2.75) is 13.3 Å². The summed E-state index contributed by atoms with van der Waals surface area (Å²) < 4.78 is 26.3. The lowest BCUT2D eigenvalue weighted by Gasteiger charge is -2.13. The standard InChI is InChI=1S/C6H19N4O2PS/c1-3-5-14(7,8)6-4-10-13(11,12)9-2/h7-8H,3-6H2,1-2H3,(H3,9,10,11,12). The lowest BCUT2D eigenvalue weighted by atomic mass is 10.6. The lowest BCUT2D eigenvalue weighted by molar-refractivity contribution is 0.454. The highest BCUT2D eigenvalue weighted by molar-refractivity contribution is 7.93. The van der Waals surface area contributed by atoms with Crippen LogP contribution >= 0.6 is 7.67 Å². The van der Waals surface area contributed by atoms with E-state index in [2.05, 4.69) is 10.2 Å². The molecule has 0 aromatic heterocycles. The van der Waals surface area contributed by atoms with Crippen LogP contribution < -0.4 is 10.2 Å². The van der Waals surface area contributed by atoms with Crippen LogP contribution in [-0.4, -0.2) is 30.0 Å². The number of nitrogens with one attached hydrogen (secondary N) is 4. The maximum Gasteiger partial charge on any atom is 0.337 e. The molecule has 0 rings (SSSR count). The van der Waals surface area contributed by atoms with Crippen molar-refractivity contribution < 1.29 is 9.46 Å². The van der Waals surface area contributed by atoms with Crippen LogP contribution in [0.2, 0.25) is 0 Å². The van der Waals surface area contributed by atoms with E-state index in [0.717, 1.165) is 6.42 Å². The first-order chi connectivity index (χ1) is 6.33. The first kappa shape index (κ1) is 14.1. The van der Waals surface area contributed by atoms with Crippen molar-refractivity contribution in [1.29, 1.82) is 9.56 Å². The van der Waals surface area contributed by atoms with E-state index in [9.17, 15) is 4.57 Å². The second-order valence-corrected chi connectivity index (χ2v) is 7.50. The summed E-state index contributed by atoms with van der Waals surface area (Å²) in [4.78, 5) is 9.07. The Kier molecular flexibility index (Phi) is 5.85. The average molecular weight is 242 g/mol. The molecule has 0 aliphatic heterocycles. The monoisotopic (exact) mass is 242 g/mol. The average Bonchev–Trinajstić information content (AvgIpc) is 2.03. The van der Waals surface area contributed by atoms with Gasteiger partial charge in [-0.3, -0.25) is 14.1 Å². The van der Waals surface area contributed by atoms with Gasteiger partial charge < -0.3 is 4.89 Å². The first-order valence-corrected chi connectivity index (χ1v) is 8.01. The van der Waals surface area contributed by atoms with Gasteiger partial charge >= 0.3 is 7.67 Å². The largest absolute Gasteiger partial charge is 0.337 e. The summed E-state index contributed by atoms with van der Waals surface area (Å²) in [6.45, 7) is 2.17. The Morgan fingerprint density at radius 3 is 2.43 bits per heavy atom. The van der Waals surface area contributed by atoms with E-state index in [1.807, 2.05) is 6.92 Å². The third-order valence-corrected chi connectivity index (χ3v) is 4.90. The third kappa shape index (κ3) is 6.50. The summed E-state index contributed by atoms with van der Waals surface area (Å²) in [5, 5.41) is 4.65. The van der Waals surface area contributed by atoms with Crippen LogP contribution in [0.15, 0.2) is 0 Å². The molecule has 0 saturated heterocycles. The van der Waals surface area contributed by atoms with Gasteiger partial charge in [-0.15, -0.1) is 0 Å². The van der Waals surface area contributed by atoms with Gasteiger partial charge in [0.05, 0.1) is 0 Å². The fourth-order valence-corrected chi connectivity index (χ4v) is 2.98. The molecule has 0 bridgehead atoms. The first-order valence-electron chi connectivity index (χ1n) is 4.38. The summed E-state index contributed by atoms with van der Waals surface area (Å²) in [6, 6.07) is 0. The van der Waals surface area contributed by atoms with Gasteiger partial charge in [-0.2, -0.15) is 0 Å². The van der Waals surface area contributed by atoms with Crippen LogP contribution in [-0.2, 0) is 14.2 Å². The molecule has 0 heterocycles. The number of rotatable bonds is 7. The summed E-state index contributed by atoms with van der Waals surface area (Å²) in [5.74, 6) is 0.886. The maximum absolute atomic E-state index is 11.0. The number of hydrogen-bond acceptors (Lipinski definition) is 3. The van der Waals surface area contributed by atoms with E-state index in [4.69, 9.17) is 14.5 Å². The Morgan fingerprint density at radius 2 is 2.00 bits per heavy atom. The number of hydrogen-bond donors (Lipinski definition) is 5. The van der Waals surface area contributed by atoms with Crippen molar-refractivity contribution in [2.24, 2.45) is 0 Å². The fourth-order valence-electron chi connectivity index (χ4n) is 0.901. The van der Waals surface area contributed by atoms with Crippen LogP contribution in [0, 0.1) is 9.56 Å². The van der Waals surface area contributed by atoms with Crippen LogP contribution in [0.5, 0.6) is 0 Å². The molecule has 0 aromatic carbocycles. The second-order valence-electron chi connectivity index (χ2n) is 3.00. The van der Waals surface area contributed by atoms with Crippen molar-refractivity contribution in [3.05, 3.63) is 0 Å². The zero-order valence-electron chi connectivity index (χ0n) is 8.54. The normalized spacial score (nSPS) is 16.5. The van der Waals surface area contributed by atoms with Crippen molar-refractivity contribution in [2.75, 3.05) is 25.1 Å². The molecular weight excluding hydrogens is 223 g/mol. The van der Waals surface area contributed by atoms with E-state index in [-0.39, 0.29) is 6.54 Å². The zero-order chi connectivity index (χ0) is 11.2. The summed E-state index contributed by atoms with van der Waals surface area (Å²) in [7, 11) is -4.13. The van der Waals surface area contributed by atoms with Gasteiger partial charge in [-0.05, 0) is 13.5 Å². The van der Waals surface area contributed by atoms with Crippen LogP contribution in [0.1, 0.15) is 13.3 Å². The van der Waals surface area contributed by atoms with E-state index in [1.54, 1.807) is 0 Å². The smallest absolute Gasteiger partial charge is 0.322 e. The zero-order valence-corrected chi connectivity index (χ0v) is 10.3. The minimum absolute atomic E-state index is 0.233. The molecule has 14 heavy (non-hydrogen) atoms. The van der Waals surface area contributed by atoms with Crippen molar-refractivity contribution in [1.82, 2.24) is 10.2 Å². The minimum Gasteiger partial charge on any atom is -0.322 e. The molecule has 1 atom stereocenters. The molecule has 0 radical (unpaired) electrons. The van der Waals surface area contributed by atoms with Crippen molar-refractivity contribution >= 4 is 17.3 Å². The Labute approximate surface area is 85.5 Å². The highest BCUT2D eigenvalue weighted by Gasteiger charge is 2.13.